The zero-order chi connectivity index (χ0) is 15.6. The Bertz CT molecular complexity index is 658. The molecule has 4 rings (SSSR count). The van der Waals surface area contributed by atoms with E-state index in [0.717, 1.165) is 43.6 Å². The normalized spacial score (nSPS) is 22.1. The van der Waals surface area contributed by atoms with Crippen molar-refractivity contribution in [3.63, 3.8) is 0 Å². The van der Waals surface area contributed by atoms with Gasteiger partial charge in [-0.2, -0.15) is 5.10 Å². The second kappa shape index (κ2) is 6.45. The van der Waals surface area contributed by atoms with Gasteiger partial charge in [0.25, 0.3) is 5.91 Å². The van der Waals surface area contributed by atoms with Crippen LogP contribution >= 0.6 is 11.3 Å². The highest BCUT2D eigenvalue weighted by atomic mass is 32.1. The first-order valence-electron chi connectivity index (χ1n) is 8.39. The van der Waals surface area contributed by atoms with Crippen LogP contribution in [0, 0.1) is 0 Å². The molecule has 5 nitrogen and oxygen atoms in total. The first-order valence-corrected chi connectivity index (χ1v) is 9.27. The van der Waals surface area contributed by atoms with Crippen LogP contribution in [0.4, 0.5) is 0 Å². The third-order valence-corrected chi connectivity index (χ3v) is 5.86. The molecule has 1 saturated heterocycles. The van der Waals surface area contributed by atoms with Crippen molar-refractivity contribution in [1.82, 2.24) is 20.4 Å². The van der Waals surface area contributed by atoms with Gasteiger partial charge in [-0.15, -0.1) is 11.3 Å². The highest BCUT2D eigenvalue weighted by Gasteiger charge is 2.27. The van der Waals surface area contributed by atoms with E-state index < -0.39 is 0 Å². The van der Waals surface area contributed by atoms with Gasteiger partial charge in [0.2, 0.25) is 0 Å². The highest BCUT2D eigenvalue weighted by molar-refractivity contribution is 7.12. The van der Waals surface area contributed by atoms with Crippen LogP contribution in [0.15, 0.2) is 23.7 Å². The molecular weight excluding hydrogens is 308 g/mol. The Hall–Kier alpha value is -1.66. The van der Waals surface area contributed by atoms with E-state index in [0.29, 0.717) is 12.1 Å². The van der Waals surface area contributed by atoms with E-state index in [1.807, 2.05) is 28.6 Å². The smallest absolute Gasteiger partial charge is 0.263 e. The lowest BCUT2D eigenvalue weighted by atomic mass is 9.92. The number of aromatic nitrogens is 2. The molecule has 0 aromatic carbocycles. The van der Waals surface area contributed by atoms with E-state index in [-0.39, 0.29) is 5.91 Å². The predicted molar refractivity (Wildman–Crippen MR) is 90.8 cm³/mol. The summed E-state index contributed by atoms with van der Waals surface area (Å²) in [6.07, 6.45) is 7.39. The van der Waals surface area contributed by atoms with Gasteiger partial charge in [-0.1, -0.05) is 6.07 Å². The maximum Gasteiger partial charge on any atom is 0.263 e. The van der Waals surface area contributed by atoms with Crippen molar-refractivity contribution in [2.45, 2.75) is 44.2 Å². The number of amides is 1. The molecule has 3 heterocycles. The summed E-state index contributed by atoms with van der Waals surface area (Å²) in [6.45, 7) is 1.72. The minimum Gasteiger partial charge on any atom is -0.338 e. The van der Waals surface area contributed by atoms with Gasteiger partial charge >= 0.3 is 0 Å². The van der Waals surface area contributed by atoms with E-state index >= 15 is 0 Å². The maximum atomic E-state index is 12.4. The summed E-state index contributed by atoms with van der Waals surface area (Å²) in [5.41, 5.74) is 2.67. The second-order valence-corrected chi connectivity index (χ2v) is 7.47. The molecule has 0 spiro atoms. The molecular formula is C17H22N4OS. The third kappa shape index (κ3) is 3.19. The second-order valence-electron chi connectivity index (χ2n) is 6.52. The van der Waals surface area contributed by atoms with Gasteiger partial charge in [-0.25, -0.2) is 0 Å². The number of thiophene rings is 1. The molecule has 1 aliphatic heterocycles. The standard InChI is InChI=1S/C17H22N4OS/c22-17(16-2-1-9-23-16)21-7-5-13(6-8-21)19-14-4-3-12-11-18-20-15(12)10-14/h1-2,9,11,13-14,19H,3-8,10H2,(H,18,20)/t14-/m1/s1. The zero-order valence-electron chi connectivity index (χ0n) is 13.1. The lowest BCUT2D eigenvalue weighted by Crippen LogP contribution is -2.48. The molecule has 1 amide bonds. The van der Waals surface area contributed by atoms with Crippen molar-refractivity contribution in [2.24, 2.45) is 0 Å². The third-order valence-electron chi connectivity index (χ3n) is 5.01. The molecule has 122 valence electrons. The summed E-state index contributed by atoms with van der Waals surface area (Å²) in [4.78, 5) is 15.2. The summed E-state index contributed by atoms with van der Waals surface area (Å²) in [6, 6.07) is 4.92. The van der Waals surface area contributed by atoms with Crippen LogP contribution < -0.4 is 5.32 Å². The van der Waals surface area contributed by atoms with E-state index in [9.17, 15) is 4.79 Å². The Labute approximate surface area is 140 Å². The van der Waals surface area contributed by atoms with E-state index in [2.05, 4.69) is 15.5 Å². The van der Waals surface area contributed by atoms with Gasteiger partial charge in [0.15, 0.2) is 0 Å². The van der Waals surface area contributed by atoms with Crippen molar-refractivity contribution in [2.75, 3.05) is 13.1 Å². The van der Waals surface area contributed by atoms with Crippen LogP contribution in [0.5, 0.6) is 0 Å². The number of aryl methyl sites for hydroxylation is 1. The SMILES string of the molecule is O=C(c1cccs1)N1CCC(N[C@@H]2CCc3cn[nH]c3C2)CC1. The number of fused-ring (bicyclic) bond motifs is 1. The number of nitrogens with zero attached hydrogens (tertiary/aromatic N) is 2. The van der Waals surface area contributed by atoms with Gasteiger partial charge in [-0.3, -0.25) is 9.89 Å². The highest BCUT2D eigenvalue weighted by Crippen LogP contribution is 2.22. The molecule has 2 aromatic rings. The molecule has 2 aliphatic rings. The first kappa shape index (κ1) is 14.9. The summed E-state index contributed by atoms with van der Waals surface area (Å²) in [7, 11) is 0. The minimum atomic E-state index is 0.193. The molecule has 1 aliphatic carbocycles. The van der Waals surface area contributed by atoms with Crippen molar-refractivity contribution in [3.05, 3.63) is 39.8 Å². The van der Waals surface area contributed by atoms with Crippen LogP contribution in [0.25, 0.3) is 0 Å². The number of likely N-dealkylation sites (tertiary alicyclic amines) is 1. The van der Waals surface area contributed by atoms with Gasteiger partial charge in [0, 0.05) is 37.3 Å². The minimum absolute atomic E-state index is 0.193. The molecule has 1 fully saturated rings. The number of hydrogen-bond donors (Lipinski definition) is 2. The van der Waals surface area contributed by atoms with Crippen molar-refractivity contribution >= 4 is 17.2 Å². The van der Waals surface area contributed by atoms with Crippen molar-refractivity contribution in [3.8, 4) is 0 Å². The largest absolute Gasteiger partial charge is 0.338 e. The summed E-state index contributed by atoms with van der Waals surface area (Å²) < 4.78 is 0. The quantitative estimate of drug-likeness (QED) is 0.907. The molecule has 0 saturated carbocycles. The van der Waals surface area contributed by atoms with Gasteiger partial charge in [0.05, 0.1) is 11.1 Å². The average Bonchev–Trinajstić information content (AvgIpc) is 3.26. The fraction of sp³-hybridized carbons (Fsp3) is 0.529. The molecule has 0 unspecified atom stereocenters. The molecule has 0 radical (unpaired) electrons. The number of carbonyl (C=O) groups is 1. The Morgan fingerprint density at radius 1 is 1.30 bits per heavy atom. The lowest BCUT2D eigenvalue weighted by Gasteiger charge is -2.35. The fourth-order valence-corrected chi connectivity index (χ4v) is 4.38. The van der Waals surface area contributed by atoms with Crippen LogP contribution in [-0.4, -0.2) is 46.2 Å². The molecule has 1 atom stereocenters. The number of nitrogens with one attached hydrogen (secondary N) is 2. The van der Waals surface area contributed by atoms with Crippen molar-refractivity contribution < 1.29 is 4.79 Å². The van der Waals surface area contributed by atoms with Crippen LogP contribution in [0.2, 0.25) is 0 Å². The number of aromatic amines is 1. The predicted octanol–water partition coefficient (Wildman–Crippen LogP) is 2.22. The van der Waals surface area contributed by atoms with Crippen LogP contribution in [0.3, 0.4) is 0 Å². The Morgan fingerprint density at radius 3 is 2.96 bits per heavy atom. The number of rotatable bonds is 3. The summed E-state index contributed by atoms with van der Waals surface area (Å²) >= 11 is 1.53. The average molecular weight is 330 g/mol. The zero-order valence-corrected chi connectivity index (χ0v) is 13.9. The van der Waals surface area contributed by atoms with E-state index in [1.165, 1.54) is 29.0 Å². The molecule has 6 heteroatoms. The van der Waals surface area contributed by atoms with Crippen LogP contribution in [0.1, 0.15) is 40.2 Å². The molecule has 0 bridgehead atoms. The van der Waals surface area contributed by atoms with E-state index in [4.69, 9.17) is 0 Å². The van der Waals surface area contributed by atoms with Gasteiger partial charge in [-0.05, 0) is 42.7 Å². The number of piperidine rings is 1. The van der Waals surface area contributed by atoms with Crippen LogP contribution in [-0.2, 0) is 12.8 Å². The Balaban J connectivity index is 1.28. The Morgan fingerprint density at radius 2 is 2.17 bits per heavy atom. The topological polar surface area (TPSA) is 61.0 Å². The van der Waals surface area contributed by atoms with E-state index in [1.54, 1.807) is 0 Å². The first-order chi connectivity index (χ1) is 11.3. The summed E-state index contributed by atoms with van der Waals surface area (Å²) in [5, 5.41) is 13.0. The monoisotopic (exact) mass is 330 g/mol. The summed E-state index contributed by atoms with van der Waals surface area (Å²) in [5.74, 6) is 0.193. The number of H-pyrrole nitrogens is 1. The molecule has 2 N–H and O–H groups in total. The molecule has 2 aromatic heterocycles. The van der Waals surface area contributed by atoms with Gasteiger partial charge in [0.1, 0.15) is 0 Å². The van der Waals surface area contributed by atoms with Crippen molar-refractivity contribution in [1.29, 1.82) is 0 Å². The Kier molecular flexibility index (Phi) is 4.18. The lowest BCUT2D eigenvalue weighted by molar-refractivity contribution is 0.0706. The van der Waals surface area contributed by atoms with Gasteiger partial charge < -0.3 is 10.2 Å². The number of carbonyl (C=O) groups excluding carboxylic acids is 1. The number of hydrogen-bond acceptors (Lipinski definition) is 4. The maximum absolute atomic E-state index is 12.4. The fourth-order valence-electron chi connectivity index (χ4n) is 3.69. The molecule has 23 heavy (non-hydrogen) atoms.